The van der Waals surface area contributed by atoms with Gasteiger partial charge in [-0.2, -0.15) is 0 Å². The van der Waals surface area contributed by atoms with Gasteiger partial charge in [0, 0.05) is 5.56 Å². The van der Waals surface area contributed by atoms with E-state index in [1.54, 1.807) is 0 Å². The molecule has 0 spiro atoms. The van der Waals surface area contributed by atoms with Crippen molar-refractivity contribution in [1.29, 1.82) is 0 Å². The molecular formula is C15H20N+. The SMILES string of the molecule is CC(c1cccc2ccccc12)[N+](C)(C)C. The highest BCUT2D eigenvalue weighted by molar-refractivity contribution is 5.85. The van der Waals surface area contributed by atoms with Crippen LogP contribution in [0.15, 0.2) is 42.5 Å². The van der Waals surface area contributed by atoms with Crippen LogP contribution in [0.1, 0.15) is 18.5 Å². The van der Waals surface area contributed by atoms with Gasteiger partial charge in [0.2, 0.25) is 0 Å². The van der Waals surface area contributed by atoms with Crippen LogP contribution in [0.3, 0.4) is 0 Å². The summed E-state index contributed by atoms with van der Waals surface area (Å²) in [5.74, 6) is 0. The molecule has 84 valence electrons. The molecule has 0 aliphatic carbocycles. The number of benzene rings is 2. The normalized spacial score (nSPS) is 14.0. The summed E-state index contributed by atoms with van der Waals surface area (Å²) in [6, 6.07) is 15.7. The second-order valence-electron chi connectivity index (χ2n) is 5.36. The molecule has 0 N–H and O–H groups in total. The predicted molar refractivity (Wildman–Crippen MR) is 70.4 cm³/mol. The largest absolute Gasteiger partial charge is 0.325 e. The van der Waals surface area contributed by atoms with Crippen molar-refractivity contribution in [2.24, 2.45) is 0 Å². The number of hydrogen-bond donors (Lipinski definition) is 0. The highest BCUT2D eigenvalue weighted by Crippen LogP contribution is 2.29. The van der Waals surface area contributed by atoms with Gasteiger partial charge in [-0.15, -0.1) is 0 Å². The van der Waals surface area contributed by atoms with Crippen molar-refractivity contribution in [2.45, 2.75) is 13.0 Å². The van der Waals surface area contributed by atoms with Crippen LogP contribution >= 0.6 is 0 Å². The molecule has 1 nitrogen and oxygen atoms in total. The number of fused-ring (bicyclic) bond motifs is 1. The molecule has 2 aromatic rings. The standard InChI is InChI=1S/C15H20N/c1-12(16(2,3)4)14-11-7-9-13-8-5-6-10-15(13)14/h5-12H,1-4H3/q+1. The minimum Gasteiger partial charge on any atom is -0.325 e. The summed E-state index contributed by atoms with van der Waals surface area (Å²) < 4.78 is 0.952. The Morgan fingerprint density at radius 2 is 1.50 bits per heavy atom. The van der Waals surface area contributed by atoms with Gasteiger partial charge in [-0.25, -0.2) is 0 Å². The van der Waals surface area contributed by atoms with Crippen LogP contribution in [-0.2, 0) is 0 Å². The molecule has 0 aliphatic heterocycles. The topological polar surface area (TPSA) is 0 Å². The maximum atomic E-state index is 2.29. The Kier molecular flexibility index (Phi) is 2.73. The first-order valence-electron chi connectivity index (χ1n) is 5.79. The number of quaternary nitrogens is 1. The van der Waals surface area contributed by atoms with Gasteiger partial charge in [-0.3, -0.25) is 0 Å². The van der Waals surface area contributed by atoms with E-state index < -0.39 is 0 Å². The summed E-state index contributed by atoms with van der Waals surface area (Å²) >= 11 is 0. The molecule has 0 bridgehead atoms. The molecule has 1 heteroatoms. The van der Waals surface area contributed by atoms with E-state index >= 15 is 0 Å². The second-order valence-corrected chi connectivity index (χ2v) is 5.36. The zero-order valence-corrected chi connectivity index (χ0v) is 10.6. The van der Waals surface area contributed by atoms with Crippen LogP contribution in [0.2, 0.25) is 0 Å². The van der Waals surface area contributed by atoms with Crippen LogP contribution in [0.5, 0.6) is 0 Å². The maximum absolute atomic E-state index is 2.29. The summed E-state index contributed by atoms with van der Waals surface area (Å²) in [4.78, 5) is 0. The molecule has 0 aliphatic rings. The molecule has 2 aromatic carbocycles. The maximum Gasteiger partial charge on any atom is 0.112 e. The van der Waals surface area contributed by atoms with E-state index in [-0.39, 0.29) is 0 Å². The third-order valence-electron chi connectivity index (χ3n) is 3.44. The number of rotatable bonds is 2. The van der Waals surface area contributed by atoms with Crippen molar-refractivity contribution in [3.05, 3.63) is 48.0 Å². The van der Waals surface area contributed by atoms with Crippen molar-refractivity contribution < 1.29 is 4.48 Å². The zero-order chi connectivity index (χ0) is 11.8. The fraction of sp³-hybridized carbons (Fsp3) is 0.333. The first-order valence-corrected chi connectivity index (χ1v) is 5.79. The summed E-state index contributed by atoms with van der Waals surface area (Å²) in [5, 5.41) is 2.71. The number of hydrogen-bond acceptors (Lipinski definition) is 0. The fourth-order valence-electron chi connectivity index (χ4n) is 2.03. The molecule has 0 radical (unpaired) electrons. The predicted octanol–water partition coefficient (Wildman–Crippen LogP) is 3.61. The van der Waals surface area contributed by atoms with Crippen LogP contribution in [-0.4, -0.2) is 25.6 Å². The van der Waals surface area contributed by atoms with E-state index in [9.17, 15) is 0 Å². The molecule has 0 amide bonds. The summed E-state index contributed by atoms with van der Waals surface area (Å²) in [5.41, 5.74) is 1.44. The lowest BCUT2D eigenvalue weighted by atomic mass is 9.98. The second kappa shape index (κ2) is 3.91. The molecule has 16 heavy (non-hydrogen) atoms. The molecule has 1 atom stereocenters. The zero-order valence-electron chi connectivity index (χ0n) is 10.6. The Hall–Kier alpha value is -1.34. The Labute approximate surface area is 97.9 Å². The molecule has 0 saturated heterocycles. The minimum absolute atomic E-state index is 0.506. The highest BCUT2D eigenvalue weighted by atomic mass is 15.3. The highest BCUT2D eigenvalue weighted by Gasteiger charge is 2.21. The number of nitrogens with zero attached hydrogens (tertiary/aromatic N) is 1. The van der Waals surface area contributed by atoms with E-state index in [0.29, 0.717) is 6.04 Å². The Morgan fingerprint density at radius 1 is 0.875 bits per heavy atom. The third-order valence-corrected chi connectivity index (χ3v) is 3.44. The average Bonchev–Trinajstić information content (AvgIpc) is 2.26. The summed E-state index contributed by atoms with van der Waals surface area (Å²) in [6.45, 7) is 2.29. The van der Waals surface area contributed by atoms with E-state index in [0.717, 1.165) is 4.48 Å². The average molecular weight is 214 g/mol. The molecule has 0 heterocycles. The molecule has 0 fully saturated rings. The first kappa shape index (κ1) is 11.2. The first-order chi connectivity index (χ1) is 7.50. The molecule has 0 aromatic heterocycles. The van der Waals surface area contributed by atoms with Crippen LogP contribution in [0, 0.1) is 0 Å². The summed E-state index contributed by atoms with van der Waals surface area (Å²) in [6.07, 6.45) is 0. The van der Waals surface area contributed by atoms with E-state index in [1.165, 1.54) is 16.3 Å². The minimum atomic E-state index is 0.506. The van der Waals surface area contributed by atoms with E-state index in [4.69, 9.17) is 0 Å². The van der Waals surface area contributed by atoms with Gasteiger partial charge in [0.15, 0.2) is 0 Å². The van der Waals surface area contributed by atoms with Gasteiger partial charge in [-0.1, -0.05) is 42.5 Å². The van der Waals surface area contributed by atoms with Gasteiger partial charge < -0.3 is 4.48 Å². The van der Waals surface area contributed by atoms with Gasteiger partial charge in [0.05, 0.1) is 21.1 Å². The van der Waals surface area contributed by atoms with Gasteiger partial charge in [0.25, 0.3) is 0 Å². The van der Waals surface area contributed by atoms with Crippen molar-refractivity contribution >= 4 is 10.8 Å². The Morgan fingerprint density at radius 3 is 2.19 bits per heavy atom. The van der Waals surface area contributed by atoms with E-state index in [2.05, 4.69) is 70.5 Å². The van der Waals surface area contributed by atoms with Crippen molar-refractivity contribution in [3.63, 3.8) is 0 Å². The molecule has 0 saturated carbocycles. The molecule has 1 unspecified atom stereocenters. The quantitative estimate of drug-likeness (QED) is 0.670. The Bertz CT molecular complexity index is 489. The molecular weight excluding hydrogens is 194 g/mol. The Balaban J connectivity index is 2.61. The van der Waals surface area contributed by atoms with Gasteiger partial charge in [0.1, 0.15) is 6.04 Å². The lowest BCUT2D eigenvalue weighted by Gasteiger charge is -2.32. The van der Waals surface area contributed by atoms with Crippen molar-refractivity contribution in [1.82, 2.24) is 0 Å². The third kappa shape index (κ3) is 1.96. The smallest absolute Gasteiger partial charge is 0.112 e. The van der Waals surface area contributed by atoms with Gasteiger partial charge >= 0.3 is 0 Å². The van der Waals surface area contributed by atoms with Gasteiger partial charge in [-0.05, 0) is 17.7 Å². The van der Waals surface area contributed by atoms with Crippen molar-refractivity contribution in [2.75, 3.05) is 21.1 Å². The monoisotopic (exact) mass is 214 g/mol. The van der Waals surface area contributed by atoms with E-state index in [1.807, 2.05) is 0 Å². The summed E-state index contributed by atoms with van der Waals surface area (Å²) in [7, 11) is 6.73. The molecule has 2 rings (SSSR count). The van der Waals surface area contributed by atoms with Crippen LogP contribution in [0.25, 0.3) is 10.8 Å². The van der Waals surface area contributed by atoms with Crippen LogP contribution < -0.4 is 0 Å². The fourth-order valence-corrected chi connectivity index (χ4v) is 2.03. The lowest BCUT2D eigenvalue weighted by molar-refractivity contribution is -0.900. The van der Waals surface area contributed by atoms with Crippen molar-refractivity contribution in [3.8, 4) is 0 Å². The van der Waals surface area contributed by atoms with Crippen LogP contribution in [0.4, 0.5) is 0 Å². The lowest BCUT2D eigenvalue weighted by Crippen LogP contribution is -2.37.